The average molecular weight is 546 g/mol. The van der Waals surface area contributed by atoms with Gasteiger partial charge in [-0.05, 0) is 43.0 Å². The molecule has 0 aliphatic rings. The number of pyridine rings is 1. The molecule has 0 aliphatic heterocycles. The molecule has 30 heavy (non-hydrogen) atoms. The molecule has 0 fully saturated rings. The number of hydrogen-bond donors (Lipinski definition) is 2. The number of nitrogens with one attached hydrogen (secondary N) is 2. The minimum absolute atomic E-state index is 0. The highest BCUT2D eigenvalue weighted by Crippen LogP contribution is 2.16. The van der Waals surface area contributed by atoms with Crippen molar-refractivity contribution in [3.05, 3.63) is 53.2 Å². The van der Waals surface area contributed by atoms with E-state index in [0.717, 1.165) is 29.7 Å². The molecule has 2 rings (SSSR count). The van der Waals surface area contributed by atoms with Crippen LogP contribution in [-0.2, 0) is 22.9 Å². The zero-order valence-electron chi connectivity index (χ0n) is 17.9. The Labute approximate surface area is 196 Å². The summed E-state index contributed by atoms with van der Waals surface area (Å²) < 4.78 is 29.0. The van der Waals surface area contributed by atoms with E-state index in [1.807, 2.05) is 31.2 Å². The lowest BCUT2D eigenvalue weighted by atomic mass is 10.1. The van der Waals surface area contributed by atoms with E-state index in [4.69, 9.17) is 4.74 Å². The number of ether oxygens (including phenoxy) is 1. The second-order valence-electron chi connectivity index (χ2n) is 6.77. The molecule has 0 amide bonds. The van der Waals surface area contributed by atoms with Crippen LogP contribution in [0.4, 0.5) is 0 Å². The van der Waals surface area contributed by atoms with E-state index in [1.165, 1.54) is 6.26 Å². The Kier molecular flexibility index (Phi) is 11.1. The predicted octanol–water partition coefficient (Wildman–Crippen LogP) is 3.46. The van der Waals surface area contributed by atoms with Gasteiger partial charge in [-0.25, -0.2) is 18.4 Å². The van der Waals surface area contributed by atoms with Gasteiger partial charge < -0.3 is 15.4 Å². The van der Waals surface area contributed by atoms with E-state index < -0.39 is 9.84 Å². The van der Waals surface area contributed by atoms with Gasteiger partial charge in [-0.1, -0.05) is 25.1 Å². The van der Waals surface area contributed by atoms with Gasteiger partial charge >= 0.3 is 0 Å². The van der Waals surface area contributed by atoms with Crippen LogP contribution in [0.15, 0.2) is 46.4 Å². The number of nitrogens with zero attached hydrogens (tertiary/aromatic N) is 2. The highest BCUT2D eigenvalue weighted by Gasteiger charge is 2.11. The number of aryl methyl sites for hydroxylation is 1. The molecular formula is C21H31IN4O3S. The fraction of sp³-hybridized carbons (Fsp3) is 0.429. The zero-order valence-corrected chi connectivity index (χ0v) is 21.1. The van der Waals surface area contributed by atoms with E-state index in [9.17, 15) is 8.42 Å². The molecule has 2 N–H and O–H groups in total. The maximum Gasteiger partial charge on any atom is 0.213 e. The molecule has 1 aromatic heterocycles. The molecule has 0 saturated heterocycles. The maximum atomic E-state index is 11.8. The quantitative estimate of drug-likeness (QED) is 0.285. The highest BCUT2D eigenvalue weighted by molar-refractivity contribution is 14.0. The lowest BCUT2D eigenvalue weighted by molar-refractivity contribution is 0.305. The molecule has 166 valence electrons. The number of aliphatic imine (C=N–C) groups is 1. The van der Waals surface area contributed by atoms with E-state index in [0.29, 0.717) is 36.4 Å². The van der Waals surface area contributed by atoms with Gasteiger partial charge in [0.25, 0.3) is 0 Å². The van der Waals surface area contributed by atoms with Crippen molar-refractivity contribution in [1.82, 2.24) is 15.6 Å². The van der Waals surface area contributed by atoms with Crippen LogP contribution in [0, 0.1) is 6.92 Å². The standard InChI is InChI=1S/C21H30N4O3S.HI/c1-5-11-28-20-10-8-18(14-23-20)15-25-21(22-6-2)24-13-17-7-9-19(16(3)12-17)29(4,26)27;/h7-10,12,14H,5-6,11,13,15H2,1-4H3,(H2,22,24,25);1H. The second-order valence-corrected chi connectivity index (χ2v) is 8.76. The van der Waals surface area contributed by atoms with Crippen LogP contribution in [0.3, 0.4) is 0 Å². The maximum absolute atomic E-state index is 11.8. The molecule has 0 aliphatic carbocycles. The Morgan fingerprint density at radius 1 is 1.13 bits per heavy atom. The molecule has 0 atom stereocenters. The molecular weight excluding hydrogens is 515 g/mol. The molecule has 7 nitrogen and oxygen atoms in total. The number of guanidine groups is 1. The summed E-state index contributed by atoms with van der Waals surface area (Å²) >= 11 is 0. The average Bonchev–Trinajstić information content (AvgIpc) is 2.68. The van der Waals surface area contributed by atoms with Crippen molar-refractivity contribution in [3.8, 4) is 5.88 Å². The number of rotatable bonds is 9. The van der Waals surface area contributed by atoms with Crippen molar-refractivity contribution in [2.75, 3.05) is 19.4 Å². The first kappa shape index (κ1) is 26.2. The first-order valence-electron chi connectivity index (χ1n) is 9.73. The van der Waals surface area contributed by atoms with E-state index in [-0.39, 0.29) is 24.0 Å². The minimum Gasteiger partial charge on any atom is -0.478 e. The number of halogens is 1. The molecule has 9 heteroatoms. The Morgan fingerprint density at radius 3 is 2.43 bits per heavy atom. The van der Waals surface area contributed by atoms with Crippen molar-refractivity contribution in [2.45, 2.75) is 45.2 Å². The van der Waals surface area contributed by atoms with Gasteiger partial charge in [0, 0.05) is 31.6 Å². The Hall–Kier alpha value is -1.88. The van der Waals surface area contributed by atoms with Gasteiger partial charge in [-0.2, -0.15) is 0 Å². The fourth-order valence-corrected chi connectivity index (χ4v) is 3.69. The van der Waals surface area contributed by atoms with Crippen LogP contribution in [-0.4, -0.2) is 38.8 Å². The minimum atomic E-state index is -3.21. The summed E-state index contributed by atoms with van der Waals surface area (Å²) in [4.78, 5) is 9.24. The third-order valence-electron chi connectivity index (χ3n) is 4.11. The first-order valence-corrected chi connectivity index (χ1v) is 11.6. The topological polar surface area (TPSA) is 92.7 Å². The lowest BCUT2D eigenvalue weighted by Gasteiger charge is -2.13. The van der Waals surface area contributed by atoms with Crippen molar-refractivity contribution >= 4 is 39.8 Å². The smallest absolute Gasteiger partial charge is 0.213 e. The number of aromatic nitrogens is 1. The second kappa shape index (κ2) is 12.7. The predicted molar refractivity (Wildman–Crippen MR) is 131 cm³/mol. The van der Waals surface area contributed by atoms with Crippen molar-refractivity contribution < 1.29 is 13.2 Å². The summed E-state index contributed by atoms with van der Waals surface area (Å²) in [6, 6.07) is 9.16. The summed E-state index contributed by atoms with van der Waals surface area (Å²) in [5.41, 5.74) is 2.71. The van der Waals surface area contributed by atoms with Gasteiger partial charge in [0.05, 0.1) is 18.0 Å². The SMILES string of the molecule is CCCOc1ccc(CN=C(NCC)NCc2ccc(S(C)(=O)=O)c(C)c2)cn1.I. The van der Waals surface area contributed by atoms with Gasteiger partial charge in [-0.15, -0.1) is 24.0 Å². The van der Waals surface area contributed by atoms with Crippen molar-refractivity contribution in [3.63, 3.8) is 0 Å². The monoisotopic (exact) mass is 546 g/mol. The van der Waals surface area contributed by atoms with Crippen molar-refractivity contribution in [1.29, 1.82) is 0 Å². The summed E-state index contributed by atoms with van der Waals surface area (Å²) in [5.74, 6) is 1.31. The molecule has 0 saturated carbocycles. The lowest BCUT2D eigenvalue weighted by Crippen LogP contribution is -2.36. The van der Waals surface area contributed by atoms with Crippen LogP contribution < -0.4 is 15.4 Å². The summed E-state index contributed by atoms with van der Waals surface area (Å²) in [6.07, 6.45) is 3.94. The highest BCUT2D eigenvalue weighted by atomic mass is 127. The van der Waals surface area contributed by atoms with Gasteiger partial charge in [0.2, 0.25) is 5.88 Å². The molecule has 0 spiro atoms. The van der Waals surface area contributed by atoms with Gasteiger partial charge in [0.1, 0.15) is 0 Å². The third kappa shape index (κ3) is 8.47. The molecule has 0 bridgehead atoms. The molecule has 0 unspecified atom stereocenters. The fourth-order valence-electron chi connectivity index (χ4n) is 2.73. The Balaban J connectivity index is 0.00000450. The summed E-state index contributed by atoms with van der Waals surface area (Å²) in [6.45, 7) is 8.29. The Morgan fingerprint density at radius 2 is 1.87 bits per heavy atom. The van der Waals surface area contributed by atoms with Crippen LogP contribution >= 0.6 is 24.0 Å². The third-order valence-corrected chi connectivity index (χ3v) is 5.37. The van der Waals surface area contributed by atoms with Gasteiger partial charge in [0.15, 0.2) is 15.8 Å². The van der Waals surface area contributed by atoms with Crippen LogP contribution in [0.25, 0.3) is 0 Å². The van der Waals surface area contributed by atoms with Crippen LogP contribution in [0.2, 0.25) is 0 Å². The number of sulfone groups is 1. The van der Waals surface area contributed by atoms with E-state index in [1.54, 1.807) is 19.2 Å². The number of benzene rings is 1. The summed E-state index contributed by atoms with van der Waals surface area (Å²) in [5, 5.41) is 6.49. The van der Waals surface area contributed by atoms with Gasteiger partial charge in [-0.3, -0.25) is 0 Å². The van der Waals surface area contributed by atoms with E-state index >= 15 is 0 Å². The van der Waals surface area contributed by atoms with Crippen LogP contribution in [0.1, 0.15) is 37.0 Å². The largest absolute Gasteiger partial charge is 0.478 e. The Bertz CT molecular complexity index is 932. The van der Waals surface area contributed by atoms with E-state index in [2.05, 4.69) is 27.5 Å². The molecule has 0 radical (unpaired) electrons. The normalized spacial score (nSPS) is 11.5. The summed E-state index contributed by atoms with van der Waals surface area (Å²) in [7, 11) is -3.21. The molecule has 1 heterocycles. The zero-order chi connectivity index (χ0) is 21.3. The first-order chi connectivity index (χ1) is 13.8. The van der Waals surface area contributed by atoms with Crippen molar-refractivity contribution in [2.24, 2.45) is 4.99 Å². The molecule has 1 aromatic carbocycles. The number of hydrogen-bond acceptors (Lipinski definition) is 5. The van der Waals surface area contributed by atoms with Crippen LogP contribution in [0.5, 0.6) is 5.88 Å². The molecule has 2 aromatic rings.